The van der Waals surface area contributed by atoms with Crippen LogP contribution >= 0.6 is 23.2 Å². The number of fused-ring (bicyclic) bond motifs is 3. The van der Waals surface area contributed by atoms with Crippen LogP contribution in [-0.2, 0) is 7.05 Å². The summed E-state index contributed by atoms with van der Waals surface area (Å²) in [5, 5.41) is 1.48. The second-order valence-electron chi connectivity index (χ2n) is 7.68. The van der Waals surface area contributed by atoms with Gasteiger partial charge in [-0.25, -0.2) is 4.39 Å². The summed E-state index contributed by atoms with van der Waals surface area (Å²) >= 11 is 12.6. The molecule has 0 amide bonds. The number of aromatic nitrogens is 1. The SMILES string of the molecule is Cn1c(=O)c2c(c3ccccc31)O[C@H](C(=O)c1ccc(F)cc1)[C@H]2c1ccc(Cl)cc1Cl. The first-order valence-corrected chi connectivity index (χ1v) is 10.7. The van der Waals surface area contributed by atoms with E-state index < -0.39 is 17.8 Å². The van der Waals surface area contributed by atoms with E-state index in [0.29, 0.717) is 37.8 Å². The highest BCUT2D eigenvalue weighted by Crippen LogP contribution is 2.46. The number of halogens is 3. The molecule has 1 aliphatic rings. The fraction of sp³-hybridized carbons (Fsp3) is 0.120. The van der Waals surface area contributed by atoms with Gasteiger partial charge in [-0.15, -0.1) is 0 Å². The third-order valence-electron chi connectivity index (χ3n) is 5.83. The van der Waals surface area contributed by atoms with Crippen molar-refractivity contribution in [3.8, 4) is 5.75 Å². The summed E-state index contributed by atoms with van der Waals surface area (Å²) in [7, 11) is 1.68. The van der Waals surface area contributed by atoms with Crippen molar-refractivity contribution in [1.29, 1.82) is 0 Å². The Hall–Kier alpha value is -3.15. The van der Waals surface area contributed by atoms with E-state index >= 15 is 0 Å². The van der Waals surface area contributed by atoms with E-state index in [1.54, 1.807) is 29.8 Å². The van der Waals surface area contributed by atoms with Crippen LogP contribution in [-0.4, -0.2) is 16.5 Å². The van der Waals surface area contributed by atoms with Crippen molar-refractivity contribution in [3.05, 3.63) is 110 Å². The zero-order chi connectivity index (χ0) is 22.6. The Bertz CT molecular complexity index is 1450. The van der Waals surface area contributed by atoms with Gasteiger partial charge in [0.15, 0.2) is 6.10 Å². The zero-order valence-electron chi connectivity index (χ0n) is 16.8. The molecule has 3 aromatic carbocycles. The molecule has 0 fully saturated rings. The van der Waals surface area contributed by atoms with E-state index in [1.165, 1.54) is 24.3 Å². The van der Waals surface area contributed by atoms with Crippen LogP contribution in [0.2, 0.25) is 10.0 Å². The lowest BCUT2D eigenvalue weighted by molar-refractivity contribution is 0.0808. The van der Waals surface area contributed by atoms with Gasteiger partial charge in [-0.3, -0.25) is 9.59 Å². The Morgan fingerprint density at radius 1 is 1.03 bits per heavy atom. The topological polar surface area (TPSA) is 48.3 Å². The number of carbonyl (C=O) groups excluding carboxylic acids is 1. The molecule has 4 nitrogen and oxygen atoms in total. The Balaban J connectivity index is 1.77. The van der Waals surface area contributed by atoms with Crippen LogP contribution in [0.4, 0.5) is 4.39 Å². The summed E-state index contributed by atoms with van der Waals surface area (Å²) in [5.74, 6) is -1.21. The quantitative estimate of drug-likeness (QED) is 0.360. The number of ketones is 1. The second kappa shape index (κ2) is 7.76. The van der Waals surface area contributed by atoms with E-state index in [2.05, 4.69) is 0 Å². The van der Waals surface area contributed by atoms with E-state index in [9.17, 15) is 14.0 Å². The largest absolute Gasteiger partial charge is 0.480 e. The molecular formula is C25H16Cl2FNO3. The Labute approximate surface area is 192 Å². The zero-order valence-corrected chi connectivity index (χ0v) is 18.3. The molecule has 7 heteroatoms. The molecule has 0 saturated carbocycles. The van der Waals surface area contributed by atoms with Gasteiger partial charge < -0.3 is 9.30 Å². The standard InChI is InChI=1S/C25H16Cl2FNO3/c1-29-19-5-3-2-4-17(19)23-21(25(29)31)20(16-11-8-14(26)12-18(16)27)24(32-23)22(30)13-6-9-15(28)10-7-13/h2-12,20,24H,1H3/t20-,24-/m0/s1. The average Bonchev–Trinajstić information content (AvgIpc) is 3.18. The smallest absolute Gasteiger partial charge is 0.258 e. The van der Waals surface area contributed by atoms with Crippen LogP contribution in [0.25, 0.3) is 10.9 Å². The van der Waals surface area contributed by atoms with Crippen LogP contribution in [0, 0.1) is 5.82 Å². The van der Waals surface area contributed by atoms with Gasteiger partial charge in [0.2, 0.25) is 5.78 Å². The predicted octanol–water partition coefficient (Wildman–Crippen LogP) is 5.76. The van der Waals surface area contributed by atoms with Crippen LogP contribution in [0.1, 0.15) is 27.4 Å². The summed E-state index contributed by atoms with van der Waals surface area (Å²) < 4.78 is 21.2. The van der Waals surface area contributed by atoms with Crippen LogP contribution < -0.4 is 10.3 Å². The summed E-state index contributed by atoms with van der Waals surface area (Å²) in [6, 6.07) is 17.5. The number of pyridine rings is 1. The maximum absolute atomic E-state index is 13.5. The number of para-hydroxylation sites is 1. The summed E-state index contributed by atoms with van der Waals surface area (Å²) in [5.41, 5.74) is 1.61. The minimum Gasteiger partial charge on any atom is -0.480 e. The normalized spacial score (nSPS) is 17.2. The van der Waals surface area contributed by atoms with Gasteiger partial charge in [0.25, 0.3) is 5.56 Å². The molecule has 2 heterocycles. The second-order valence-corrected chi connectivity index (χ2v) is 8.52. The number of carbonyl (C=O) groups is 1. The average molecular weight is 468 g/mol. The third kappa shape index (κ3) is 3.20. The minimum absolute atomic E-state index is 0.274. The van der Waals surface area contributed by atoms with E-state index in [0.717, 1.165) is 0 Å². The summed E-state index contributed by atoms with van der Waals surface area (Å²) in [6.45, 7) is 0. The van der Waals surface area contributed by atoms with Gasteiger partial charge in [0.05, 0.1) is 17.0 Å². The van der Waals surface area contributed by atoms with Gasteiger partial charge >= 0.3 is 0 Å². The molecule has 4 aromatic rings. The van der Waals surface area contributed by atoms with Gasteiger partial charge in [0.1, 0.15) is 11.6 Å². The molecule has 1 aliphatic heterocycles. The lowest BCUT2D eigenvalue weighted by Crippen LogP contribution is -2.32. The van der Waals surface area contributed by atoms with Crippen molar-refractivity contribution in [2.45, 2.75) is 12.0 Å². The first-order valence-electron chi connectivity index (χ1n) is 9.90. The maximum Gasteiger partial charge on any atom is 0.258 e. The monoisotopic (exact) mass is 467 g/mol. The number of benzene rings is 3. The number of ether oxygens (including phenoxy) is 1. The van der Waals surface area contributed by atoms with Crippen molar-refractivity contribution in [2.24, 2.45) is 7.05 Å². The fourth-order valence-corrected chi connectivity index (χ4v) is 4.82. The Kier molecular flexibility index (Phi) is 5.03. The van der Waals surface area contributed by atoms with Crippen LogP contribution in [0.5, 0.6) is 5.75 Å². The minimum atomic E-state index is -1.05. The summed E-state index contributed by atoms with van der Waals surface area (Å²) in [4.78, 5) is 26.9. The molecule has 0 saturated heterocycles. The Morgan fingerprint density at radius 3 is 2.47 bits per heavy atom. The van der Waals surface area contributed by atoms with Gasteiger partial charge in [-0.1, -0.05) is 41.4 Å². The van der Waals surface area contributed by atoms with Crippen molar-refractivity contribution in [1.82, 2.24) is 4.57 Å². The molecule has 0 radical (unpaired) electrons. The molecule has 0 unspecified atom stereocenters. The lowest BCUT2D eigenvalue weighted by Gasteiger charge is -2.19. The maximum atomic E-state index is 13.5. The molecular weight excluding hydrogens is 452 g/mol. The number of nitrogens with zero attached hydrogens (tertiary/aromatic N) is 1. The molecule has 0 spiro atoms. The van der Waals surface area contributed by atoms with Crippen molar-refractivity contribution in [2.75, 3.05) is 0 Å². The fourth-order valence-electron chi connectivity index (χ4n) is 4.29. The van der Waals surface area contributed by atoms with Crippen molar-refractivity contribution >= 4 is 39.9 Å². The van der Waals surface area contributed by atoms with E-state index in [1.807, 2.05) is 24.3 Å². The number of Topliss-reactive ketones (excluding diaryl/α,β-unsaturated/α-hetero) is 1. The van der Waals surface area contributed by atoms with Crippen molar-refractivity contribution < 1.29 is 13.9 Å². The lowest BCUT2D eigenvalue weighted by atomic mass is 9.85. The number of hydrogen-bond donors (Lipinski definition) is 0. The van der Waals surface area contributed by atoms with Gasteiger partial charge in [-0.05, 0) is 54.1 Å². The first kappa shape index (κ1) is 20.7. The van der Waals surface area contributed by atoms with Gasteiger partial charge in [0, 0.05) is 28.0 Å². The number of aryl methyl sites for hydroxylation is 1. The third-order valence-corrected chi connectivity index (χ3v) is 6.40. The number of rotatable bonds is 3. The summed E-state index contributed by atoms with van der Waals surface area (Å²) in [6.07, 6.45) is -1.05. The molecule has 1 aromatic heterocycles. The van der Waals surface area contributed by atoms with Gasteiger partial charge in [-0.2, -0.15) is 0 Å². The molecule has 5 rings (SSSR count). The van der Waals surface area contributed by atoms with E-state index in [4.69, 9.17) is 27.9 Å². The predicted molar refractivity (Wildman–Crippen MR) is 123 cm³/mol. The molecule has 0 aliphatic carbocycles. The van der Waals surface area contributed by atoms with Crippen LogP contribution in [0.15, 0.2) is 71.5 Å². The highest BCUT2D eigenvalue weighted by atomic mass is 35.5. The molecule has 0 N–H and O–H groups in total. The van der Waals surface area contributed by atoms with Crippen LogP contribution in [0.3, 0.4) is 0 Å². The molecule has 2 atom stereocenters. The highest BCUT2D eigenvalue weighted by molar-refractivity contribution is 6.35. The first-order chi connectivity index (χ1) is 15.4. The molecule has 32 heavy (non-hydrogen) atoms. The molecule has 160 valence electrons. The van der Waals surface area contributed by atoms with E-state index in [-0.39, 0.29) is 16.9 Å². The number of hydrogen-bond acceptors (Lipinski definition) is 3. The Morgan fingerprint density at radius 2 is 1.75 bits per heavy atom. The highest BCUT2D eigenvalue weighted by Gasteiger charge is 2.44. The van der Waals surface area contributed by atoms with Crippen molar-refractivity contribution in [3.63, 3.8) is 0 Å². The molecule has 0 bridgehead atoms.